The molecule has 0 aliphatic heterocycles. The summed E-state index contributed by atoms with van der Waals surface area (Å²) in [5.74, 6) is 0.188. The van der Waals surface area contributed by atoms with Gasteiger partial charge in [-0.2, -0.15) is 5.26 Å². The van der Waals surface area contributed by atoms with Crippen molar-refractivity contribution in [2.75, 3.05) is 13.2 Å². The van der Waals surface area contributed by atoms with Gasteiger partial charge < -0.3 is 10.4 Å². The fourth-order valence-corrected chi connectivity index (χ4v) is 2.44. The van der Waals surface area contributed by atoms with Crippen LogP contribution in [-0.2, 0) is 0 Å². The first-order valence-corrected chi connectivity index (χ1v) is 6.03. The Kier molecular flexibility index (Phi) is 3.28. The minimum Gasteiger partial charge on any atom is -0.396 e. The summed E-state index contributed by atoms with van der Waals surface area (Å²) in [7, 11) is 0. The van der Waals surface area contributed by atoms with Crippen LogP contribution in [-0.4, -0.2) is 24.3 Å². The molecule has 0 aromatic carbocycles. The van der Waals surface area contributed by atoms with Crippen molar-refractivity contribution in [3.8, 4) is 6.07 Å². The van der Waals surface area contributed by atoms with E-state index in [0.717, 1.165) is 32.2 Å². The van der Waals surface area contributed by atoms with Crippen LogP contribution < -0.4 is 5.32 Å². The molecule has 2 unspecified atom stereocenters. The third-order valence-corrected chi connectivity index (χ3v) is 3.96. The highest BCUT2D eigenvalue weighted by molar-refractivity contribution is 4.99. The van der Waals surface area contributed by atoms with E-state index in [1.165, 1.54) is 12.8 Å². The van der Waals surface area contributed by atoms with Gasteiger partial charge in [-0.15, -0.1) is 0 Å². The van der Waals surface area contributed by atoms with Crippen LogP contribution in [0.15, 0.2) is 0 Å². The molecular formula is C12H20N2O. The van der Waals surface area contributed by atoms with Gasteiger partial charge in [0.2, 0.25) is 0 Å². The van der Waals surface area contributed by atoms with Crippen LogP contribution in [0.5, 0.6) is 0 Å². The highest BCUT2D eigenvalue weighted by Crippen LogP contribution is 2.44. The average Bonchev–Trinajstić information content (AvgIpc) is 3.07. The van der Waals surface area contributed by atoms with E-state index >= 15 is 0 Å². The lowest BCUT2D eigenvalue weighted by Crippen LogP contribution is -2.41. The maximum absolute atomic E-state index is 9.20. The summed E-state index contributed by atoms with van der Waals surface area (Å²) in [4.78, 5) is 0. The van der Waals surface area contributed by atoms with Gasteiger partial charge >= 0.3 is 0 Å². The lowest BCUT2D eigenvalue weighted by Gasteiger charge is -2.29. The number of nitrogens with zero attached hydrogens (tertiary/aromatic N) is 1. The standard InChI is InChI=1S/C12H20N2O/c13-7-10-3-1-2-4-11(10)14-8-12(9-15)5-6-12/h10-11,14-15H,1-6,8-9H2. The lowest BCUT2D eigenvalue weighted by molar-refractivity contribution is 0.194. The van der Waals surface area contributed by atoms with Crippen molar-refractivity contribution in [3.05, 3.63) is 0 Å². The fraction of sp³-hybridized carbons (Fsp3) is 0.917. The average molecular weight is 208 g/mol. The van der Waals surface area contributed by atoms with Gasteiger partial charge in [0.25, 0.3) is 0 Å². The van der Waals surface area contributed by atoms with Crippen LogP contribution in [0.4, 0.5) is 0 Å². The van der Waals surface area contributed by atoms with Gasteiger partial charge in [0, 0.05) is 24.6 Å². The van der Waals surface area contributed by atoms with Crippen molar-refractivity contribution < 1.29 is 5.11 Å². The zero-order valence-electron chi connectivity index (χ0n) is 9.21. The Balaban J connectivity index is 1.80. The zero-order valence-corrected chi connectivity index (χ0v) is 9.21. The molecule has 0 aromatic rings. The van der Waals surface area contributed by atoms with Crippen molar-refractivity contribution in [1.29, 1.82) is 5.26 Å². The molecule has 3 heteroatoms. The number of hydrogen-bond acceptors (Lipinski definition) is 3. The molecule has 2 aliphatic carbocycles. The van der Waals surface area contributed by atoms with Crippen LogP contribution in [0, 0.1) is 22.7 Å². The molecule has 2 atom stereocenters. The monoisotopic (exact) mass is 208 g/mol. The molecule has 0 heterocycles. The normalized spacial score (nSPS) is 33.3. The second kappa shape index (κ2) is 4.51. The van der Waals surface area contributed by atoms with Crippen LogP contribution in [0.3, 0.4) is 0 Å². The SMILES string of the molecule is N#CC1CCCCC1NCC1(CO)CC1. The molecule has 0 spiro atoms. The predicted octanol–water partition coefficient (Wildman–Crippen LogP) is 1.43. The molecule has 0 amide bonds. The van der Waals surface area contributed by atoms with Gasteiger partial charge in [-0.05, 0) is 25.7 Å². The first-order valence-electron chi connectivity index (χ1n) is 6.03. The Morgan fingerprint density at radius 2 is 2.07 bits per heavy atom. The van der Waals surface area contributed by atoms with Crippen molar-refractivity contribution in [2.24, 2.45) is 11.3 Å². The third kappa shape index (κ3) is 2.50. The second-order valence-corrected chi connectivity index (χ2v) is 5.17. The van der Waals surface area contributed by atoms with Crippen molar-refractivity contribution in [1.82, 2.24) is 5.32 Å². The molecule has 0 radical (unpaired) electrons. The van der Waals surface area contributed by atoms with Gasteiger partial charge in [-0.3, -0.25) is 0 Å². The van der Waals surface area contributed by atoms with E-state index in [1.54, 1.807) is 0 Å². The molecule has 0 saturated heterocycles. The smallest absolute Gasteiger partial charge is 0.0672 e. The fourth-order valence-electron chi connectivity index (χ4n) is 2.44. The quantitative estimate of drug-likeness (QED) is 0.735. The highest BCUT2D eigenvalue weighted by Gasteiger charge is 2.42. The summed E-state index contributed by atoms with van der Waals surface area (Å²) < 4.78 is 0. The van der Waals surface area contributed by atoms with Crippen LogP contribution in [0.25, 0.3) is 0 Å². The summed E-state index contributed by atoms with van der Waals surface area (Å²) in [6, 6.07) is 2.77. The predicted molar refractivity (Wildman–Crippen MR) is 58.1 cm³/mol. The first kappa shape index (κ1) is 10.9. The highest BCUT2D eigenvalue weighted by atomic mass is 16.3. The van der Waals surface area contributed by atoms with Crippen LogP contribution >= 0.6 is 0 Å². The van der Waals surface area contributed by atoms with Gasteiger partial charge in [-0.1, -0.05) is 12.8 Å². The number of aliphatic hydroxyl groups is 1. The minimum atomic E-state index is 0.164. The molecule has 2 aliphatic rings. The van der Waals surface area contributed by atoms with Gasteiger partial charge in [0.05, 0.1) is 12.0 Å². The molecule has 15 heavy (non-hydrogen) atoms. The molecule has 2 rings (SSSR count). The summed E-state index contributed by atoms with van der Waals surface area (Å²) in [5.41, 5.74) is 0.164. The molecule has 2 fully saturated rings. The van der Waals surface area contributed by atoms with E-state index in [-0.39, 0.29) is 11.3 Å². The Hall–Kier alpha value is -0.590. The molecule has 2 saturated carbocycles. The van der Waals surface area contributed by atoms with E-state index in [1.807, 2.05) is 0 Å². The number of hydrogen-bond donors (Lipinski definition) is 2. The molecule has 0 aromatic heterocycles. The van der Waals surface area contributed by atoms with E-state index in [0.29, 0.717) is 12.6 Å². The Bertz CT molecular complexity index is 255. The molecule has 2 N–H and O–H groups in total. The van der Waals surface area contributed by atoms with E-state index < -0.39 is 0 Å². The van der Waals surface area contributed by atoms with Crippen molar-refractivity contribution in [2.45, 2.75) is 44.6 Å². The summed E-state index contributed by atoms with van der Waals surface area (Å²) in [5, 5.41) is 21.7. The van der Waals surface area contributed by atoms with Crippen molar-refractivity contribution in [3.63, 3.8) is 0 Å². The first-order chi connectivity index (χ1) is 7.29. The maximum atomic E-state index is 9.20. The number of nitrogens with one attached hydrogen (secondary N) is 1. The molecule has 3 nitrogen and oxygen atoms in total. The Morgan fingerprint density at radius 3 is 2.67 bits per heavy atom. The van der Waals surface area contributed by atoms with Crippen LogP contribution in [0.1, 0.15) is 38.5 Å². The minimum absolute atomic E-state index is 0.164. The number of nitriles is 1. The van der Waals surface area contributed by atoms with E-state index in [4.69, 9.17) is 5.26 Å². The molecule has 84 valence electrons. The summed E-state index contributed by atoms with van der Waals surface area (Å²) in [6.07, 6.45) is 6.88. The van der Waals surface area contributed by atoms with Crippen molar-refractivity contribution >= 4 is 0 Å². The van der Waals surface area contributed by atoms with E-state index in [9.17, 15) is 5.11 Å². The van der Waals surface area contributed by atoms with Gasteiger partial charge in [-0.25, -0.2) is 0 Å². The topological polar surface area (TPSA) is 56.0 Å². The zero-order chi connectivity index (χ0) is 10.7. The molecular weight excluding hydrogens is 188 g/mol. The second-order valence-electron chi connectivity index (χ2n) is 5.17. The Morgan fingerprint density at radius 1 is 1.33 bits per heavy atom. The Labute approximate surface area is 91.5 Å². The van der Waals surface area contributed by atoms with E-state index in [2.05, 4.69) is 11.4 Å². The molecule has 0 bridgehead atoms. The van der Waals surface area contributed by atoms with Gasteiger partial charge in [0.15, 0.2) is 0 Å². The summed E-state index contributed by atoms with van der Waals surface area (Å²) in [6.45, 7) is 1.19. The number of aliphatic hydroxyl groups excluding tert-OH is 1. The largest absolute Gasteiger partial charge is 0.396 e. The summed E-state index contributed by atoms with van der Waals surface area (Å²) >= 11 is 0. The third-order valence-electron chi connectivity index (χ3n) is 3.96. The maximum Gasteiger partial charge on any atom is 0.0672 e. The van der Waals surface area contributed by atoms with Gasteiger partial charge in [0.1, 0.15) is 0 Å². The number of rotatable bonds is 4. The van der Waals surface area contributed by atoms with Crippen LogP contribution in [0.2, 0.25) is 0 Å². The lowest BCUT2D eigenvalue weighted by atomic mass is 9.85.